The molecule has 0 saturated carbocycles. The molecule has 1 atom stereocenters. The number of benzene rings is 2. The molecule has 0 bridgehead atoms. The van der Waals surface area contributed by atoms with E-state index in [9.17, 15) is 53.5 Å². The second-order valence-corrected chi connectivity index (χ2v) is 8.66. The zero-order valence-electron chi connectivity index (χ0n) is 18.5. The summed E-state index contributed by atoms with van der Waals surface area (Å²) >= 11 is 17.2. The molecule has 1 unspecified atom stereocenters. The molecule has 18 heteroatoms. The fourth-order valence-electron chi connectivity index (χ4n) is 2.91. The van der Waals surface area contributed by atoms with E-state index >= 15 is 0 Å². The van der Waals surface area contributed by atoms with Gasteiger partial charge in [0, 0.05) is 5.56 Å². The zero-order valence-corrected chi connectivity index (χ0v) is 20.7. The van der Waals surface area contributed by atoms with E-state index < -0.39 is 81.1 Å². The van der Waals surface area contributed by atoms with Gasteiger partial charge in [0.05, 0.1) is 26.2 Å². The van der Waals surface area contributed by atoms with E-state index in [4.69, 9.17) is 34.8 Å². The van der Waals surface area contributed by atoms with Gasteiger partial charge in [-0.25, -0.2) is 14.6 Å². The second kappa shape index (κ2) is 12.1. The number of hydrazine groups is 1. The van der Waals surface area contributed by atoms with Gasteiger partial charge >= 0.3 is 24.6 Å². The number of hydrogen-bond donors (Lipinski definition) is 3. The molecular weight excluding hydrogens is 623 g/mol. The van der Waals surface area contributed by atoms with Crippen LogP contribution in [0, 0.1) is 0 Å². The molecule has 0 aliphatic heterocycles. The largest absolute Gasteiger partial charge is 0.417 e. The molecule has 0 aliphatic rings. The molecule has 0 radical (unpaired) electrons. The molecule has 0 saturated heterocycles. The number of rotatable bonds is 5. The Balaban J connectivity index is 2.41. The number of alkyl halides is 9. The lowest BCUT2D eigenvalue weighted by atomic mass is 9.95. The molecule has 0 aromatic heterocycles. The van der Waals surface area contributed by atoms with Gasteiger partial charge in [-0.2, -0.15) is 39.5 Å². The number of carbonyl (C=O) groups excluding carboxylic acids is 2. The maximum Gasteiger partial charge on any atom is 0.417 e. The van der Waals surface area contributed by atoms with Crippen LogP contribution in [0.1, 0.15) is 33.0 Å². The predicted molar refractivity (Wildman–Crippen MR) is 121 cm³/mol. The summed E-state index contributed by atoms with van der Waals surface area (Å²) in [6.45, 7) is -1.82. The molecule has 3 amide bonds. The summed E-state index contributed by atoms with van der Waals surface area (Å²) < 4.78 is 133. The highest BCUT2D eigenvalue weighted by molar-refractivity contribution is 6.48. The van der Waals surface area contributed by atoms with Gasteiger partial charge < -0.3 is 5.32 Å². The average molecular weight is 635 g/mol. The molecule has 5 nitrogen and oxygen atoms in total. The first-order valence-corrected chi connectivity index (χ1v) is 11.0. The molecule has 0 fully saturated rings. The van der Waals surface area contributed by atoms with Crippen LogP contribution in [-0.4, -0.2) is 30.8 Å². The van der Waals surface area contributed by atoms with Crippen molar-refractivity contribution in [3.05, 3.63) is 73.7 Å². The van der Waals surface area contributed by atoms with Crippen molar-refractivity contribution in [2.45, 2.75) is 24.4 Å². The lowest BCUT2D eigenvalue weighted by molar-refractivity contribution is -0.140. The van der Waals surface area contributed by atoms with Crippen molar-refractivity contribution in [1.82, 2.24) is 16.2 Å². The number of urea groups is 1. The highest BCUT2D eigenvalue weighted by atomic mass is 35.5. The van der Waals surface area contributed by atoms with E-state index in [1.165, 1.54) is 16.2 Å². The Morgan fingerprint density at radius 1 is 0.872 bits per heavy atom. The SMILES string of the molecule is O=C(NCC(F)(F)F)NNC(=O)c1ccc(/C(F)=C/C(c2cc(Cl)c(Cl)c(Cl)c2)C(F)(F)F)cc1C(F)(F)F. The number of allylic oxidation sites excluding steroid dienone is 1. The van der Waals surface area contributed by atoms with Gasteiger partial charge in [-0.3, -0.25) is 10.2 Å². The highest BCUT2D eigenvalue weighted by Gasteiger charge is 2.41. The Labute approximate surface area is 227 Å². The summed E-state index contributed by atoms with van der Waals surface area (Å²) in [4.78, 5) is 23.4. The van der Waals surface area contributed by atoms with E-state index in [-0.39, 0.29) is 17.2 Å². The molecule has 39 heavy (non-hydrogen) atoms. The first-order valence-electron chi connectivity index (χ1n) is 9.91. The Morgan fingerprint density at radius 3 is 1.92 bits per heavy atom. The van der Waals surface area contributed by atoms with Crippen molar-refractivity contribution in [2.75, 3.05) is 6.54 Å². The predicted octanol–water partition coefficient (Wildman–Crippen LogP) is 7.83. The van der Waals surface area contributed by atoms with E-state index in [1.807, 2.05) is 0 Å². The van der Waals surface area contributed by atoms with Crippen LogP contribution in [0.5, 0.6) is 0 Å². The van der Waals surface area contributed by atoms with Crippen LogP contribution < -0.4 is 16.2 Å². The van der Waals surface area contributed by atoms with Crippen LogP contribution in [0.15, 0.2) is 36.4 Å². The Bertz CT molecular complexity index is 1250. The van der Waals surface area contributed by atoms with Crippen LogP contribution in [0.2, 0.25) is 15.1 Å². The minimum atomic E-state index is -5.36. The van der Waals surface area contributed by atoms with Crippen LogP contribution in [0.25, 0.3) is 5.83 Å². The summed E-state index contributed by atoms with van der Waals surface area (Å²) in [5, 5.41) is 0.169. The lowest BCUT2D eigenvalue weighted by Gasteiger charge is -2.19. The molecule has 2 aromatic rings. The Hall–Kier alpha value is -2.91. The zero-order chi connectivity index (χ0) is 29.9. The van der Waals surface area contributed by atoms with Crippen LogP contribution >= 0.6 is 34.8 Å². The number of amides is 3. The van der Waals surface area contributed by atoms with E-state index in [2.05, 4.69) is 0 Å². The third-order valence-corrected chi connectivity index (χ3v) is 5.81. The number of hydrogen-bond acceptors (Lipinski definition) is 2. The standard InChI is InChI=1S/C21H12Cl3F10N3O2/c22-13-4-9(5-14(23)16(13)24)11(20(29,30)31)6-15(25)8-1-2-10(12(3-8)21(32,33)34)17(38)36-37-18(39)35-7-19(26,27)28/h1-6,11H,7H2,(H,36,38)(H2,35,37,39)/b15-6-. The van der Waals surface area contributed by atoms with Crippen LogP contribution in [0.4, 0.5) is 48.7 Å². The minimum Gasteiger partial charge on any atom is -0.328 e. The number of nitrogens with one attached hydrogen (secondary N) is 3. The van der Waals surface area contributed by atoms with Crippen LogP contribution in [-0.2, 0) is 6.18 Å². The molecular formula is C21H12Cl3F10N3O2. The maximum absolute atomic E-state index is 14.9. The quantitative estimate of drug-likeness (QED) is 0.178. The molecule has 0 aliphatic carbocycles. The van der Waals surface area contributed by atoms with Gasteiger partial charge in [0.2, 0.25) is 0 Å². The maximum atomic E-state index is 14.9. The van der Waals surface area contributed by atoms with Crippen LogP contribution in [0.3, 0.4) is 0 Å². The van der Waals surface area contributed by atoms with Crippen molar-refractivity contribution in [3.63, 3.8) is 0 Å². The van der Waals surface area contributed by atoms with E-state index in [1.54, 1.807) is 0 Å². The topological polar surface area (TPSA) is 70.2 Å². The first kappa shape index (κ1) is 32.3. The van der Waals surface area contributed by atoms with Crippen molar-refractivity contribution < 1.29 is 53.5 Å². The summed E-state index contributed by atoms with van der Waals surface area (Å²) in [5.74, 6) is -6.19. The normalized spacial score (nSPS) is 13.6. The van der Waals surface area contributed by atoms with Gasteiger partial charge in [-0.05, 0) is 35.9 Å². The summed E-state index contributed by atoms with van der Waals surface area (Å²) in [6.07, 6.45) is -15.4. The van der Waals surface area contributed by atoms with Gasteiger partial charge in [-0.15, -0.1) is 0 Å². The fourth-order valence-corrected chi connectivity index (χ4v) is 3.52. The van der Waals surface area contributed by atoms with Crippen molar-refractivity contribution in [2.24, 2.45) is 0 Å². The fraction of sp³-hybridized carbons (Fsp3) is 0.238. The van der Waals surface area contributed by atoms with E-state index in [0.717, 1.165) is 12.1 Å². The average Bonchev–Trinajstić information content (AvgIpc) is 2.80. The van der Waals surface area contributed by atoms with E-state index in [0.29, 0.717) is 12.1 Å². The molecule has 214 valence electrons. The monoisotopic (exact) mass is 633 g/mol. The third kappa shape index (κ3) is 9.07. The third-order valence-electron chi connectivity index (χ3n) is 4.62. The van der Waals surface area contributed by atoms with Crippen molar-refractivity contribution in [3.8, 4) is 0 Å². The molecule has 2 aromatic carbocycles. The Kier molecular flexibility index (Phi) is 10.0. The Morgan fingerprint density at radius 2 is 1.44 bits per heavy atom. The molecule has 0 spiro atoms. The summed E-state index contributed by atoms with van der Waals surface area (Å²) in [7, 11) is 0. The van der Waals surface area contributed by atoms with Gasteiger partial charge in [0.25, 0.3) is 5.91 Å². The van der Waals surface area contributed by atoms with Crippen molar-refractivity contribution >= 4 is 52.6 Å². The number of carbonyl (C=O) groups is 2. The molecule has 2 rings (SSSR count). The second-order valence-electron chi connectivity index (χ2n) is 7.47. The minimum absolute atomic E-state index is 0.0275. The summed E-state index contributed by atoms with van der Waals surface area (Å²) in [5.41, 5.74) is -1.96. The number of halogens is 13. The highest BCUT2D eigenvalue weighted by Crippen LogP contribution is 2.42. The van der Waals surface area contributed by atoms with Gasteiger partial charge in [0.1, 0.15) is 18.3 Å². The lowest BCUT2D eigenvalue weighted by Crippen LogP contribution is -2.49. The van der Waals surface area contributed by atoms with Gasteiger partial charge in [0.15, 0.2) is 0 Å². The summed E-state index contributed by atoms with van der Waals surface area (Å²) in [6, 6.07) is 0.804. The molecule has 3 N–H and O–H groups in total. The van der Waals surface area contributed by atoms with Crippen molar-refractivity contribution in [1.29, 1.82) is 0 Å². The molecule has 0 heterocycles. The smallest absolute Gasteiger partial charge is 0.328 e. The first-order chi connectivity index (χ1) is 17.7. The van der Waals surface area contributed by atoms with Gasteiger partial charge in [-0.1, -0.05) is 40.9 Å².